The molecule has 2 rings (SSSR count). The van der Waals surface area contributed by atoms with Crippen LogP contribution >= 0.6 is 22.9 Å². The molecule has 0 bridgehead atoms. The monoisotopic (exact) mass is 239 g/mol. The summed E-state index contributed by atoms with van der Waals surface area (Å²) in [6, 6.07) is 7.48. The lowest BCUT2D eigenvalue weighted by Gasteiger charge is -1.96. The fourth-order valence-corrected chi connectivity index (χ4v) is 2.14. The van der Waals surface area contributed by atoms with E-state index < -0.39 is 0 Å². The molecule has 0 saturated heterocycles. The Hall–Kier alpha value is -0.970. The SMILES string of the molecule is CC(N)c1nnc(-c2cccc(Cl)c2)s1. The fraction of sp³-hybridized carbons (Fsp3) is 0.200. The zero-order chi connectivity index (χ0) is 10.8. The quantitative estimate of drug-likeness (QED) is 0.877. The van der Waals surface area contributed by atoms with Crippen molar-refractivity contribution in [3.8, 4) is 10.6 Å². The first-order valence-electron chi connectivity index (χ1n) is 4.52. The Labute approximate surface area is 96.9 Å². The molecule has 1 unspecified atom stereocenters. The molecule has 0 aliphatic carbocycles. The van der Waals surface area contributed by atoms with Crippen molar-refractivity contribution in [1.29, 1.82) is 0 Å². The Kier molecular flexibility index (Phi) is 3.00. The van der Waals surface area contributed by atoms with E-state index >= 15 is 0 Å². The van der Waals surface area contributed by atoms with Crippen molar-refractivity contribution >= 4 is 22.9 Å². The van der Waals surface area contributed by atoms with Gasteiger partial charge in [0.05, 0.1) is 6.04 Å². The highest BCUT2D eigenvalue weighted by molar-refractivity contribution is 7.14. The average Bonchev–Trinajstić information content (AvgIpc) is 2.66. The molecule has 3 nitrogen and oxygen atoms in total. The van der Waals surface area contributed by atoms with Gasteiger partial charge in [-0.25, -0.2) is 0 Å². The van der Waals surface area contributed by atoms with Crippen LogP contribution in [0.1, 0.15) is 18.0 Å². The second-order valence-corrected chi connectivity index (χ2v) is 4.69. The first-order chi connectivity index (χ1) is 7.16. The number of rotatable bonds is 2. The summed E-state index contributed by atoms with van der Waals surface area (Å²) in [5, 5.41) is 10.5. The largest absolute Gasteiger partial charge is 0.322 e. The number of benzene rings is 1. The third-order valence-corrected chi connectivity index (χ3v) is 3.31. The molecule has 0 aliphatic rings. The Bertz CT molecular complexity index is 467. The van der Waals surface area contributed by atoms with Gasteiger partial charge < -0.3 is 5.73 Å². The molecular weight excluding hydrogens is 230 g/mol. The Morgan fingerprint density at radius 3 is 2.80 bits per heavy atom. The van der Waals surface area contributed by atoms with Gasteiger partial charge in [0.15, 0.2) is 0 Å². The predicted octanol–water partition coefficient (Wildman–Crippen LogP) is 2.88. The highest BCUT2D eigenvalue weighted by Gasteiger charge is 2.09. The molecule has 1 heterocycles. The number of halogens is 1. The number of nitrogens with zero attached hydrogens (tertiary/aromatic N) is 2. The maximum Gasteiger partial charge on any atom is 0.147 e. The van der Waals surface area contributed by atoms with Crippen molar-refractivity contribution in [3.05, 3.63) is 34.3 Å². The zero-order valence-electron chi connectivity index (χ0n) is 8.14. The van der Waals surface area contributed by atoms with E-state index in [9.17, 15) is 0 Å². The lowest BCUT2D eigenvalue weighted by Crippen LogP contribution is -2.03. The van der Waals surface area contributed by atoms with E-state index in [2.05, 4.69) is 10.2 Å². The predicted molar refractivity (Wildman–Crippen MR) is 63.0 cm³/mol. The molecule has 1 atom stereocenters. The first-order valence-corrected chi connectivity index (χ1v) is 5.71. The smallest absolute Gasteiger partial charge is 0.147 e. The second kappa shape index (κ2) is 4.26. The third-order valence-electron chi connectivity index (χ3n) is 1.90. The summed E-state index contributed by atoms with van der Waals surface area (Å²) in [5.41, 5.74) is 6.70. The van der Waals surface area contributed by atoms with Gasteiger partial charge in [-0.05, 0) is 19.1 Å². The number of hydrogen-bond donors (Lipinski definition) is 1. The normalized spacial score (nSPS) is 12.7. The van der Waals surface area contributed by atoms with Crippen LogP contribution < -0.4 is 5.73 Å². The molecule has 0 fully saturated rings. The van der Waals surface area contributed by atoms with Crippen LogP contribution in [0.3, 0.4) is 0 Å². The summed E-state index contributed by atoms with van der Waals surface area (Å²) in [6.45, 7) is 1.89. The molecule has 0 radical (unpaired) electrons. The van der Waals surface area contributed by atoms with Crippen LogP contribution in [0.4, 0.5) is 0 Å². The summed E-state index contributed by atoms with van der Waals surface area (Å²) in [6.07, 6.45) is 0. The number of nitrogens with two attached hydrogens (primary N) is 1. The van der Waals surface area contributed by atoms with Crippen LogP contribution in [-0.4, -0.2) is 10.2 Å². The van der Waals surface area contributed by atoms with E-state index in [1.165, 1.54) is 11.3 Å². The van der Waals surface area contributed by atoms with Crippen molar-refractivity contribution in [3.63, 3.8) is 0 Å². The Balaban J connectivity index is 2.37. The van der Waals surface area contributed by atoms with E-state index in [-0.39, 0.29) is 6.04 Å². The van der Waals surface area contributed by atoms with Gasteiger partial charge in [-0.1, -0.05) is 35.1 Å². The molecule has 78 valence electrons. The molecule has 0 amide bonds. The Morgan fingerprint density at radius 2 is 2.20 bits per heavy atom. The zero-order valence-corrected chi connectivity index (χ0v) is 9.72. The van der Waals surface area contributed by atoms with Gasteiger partial charge in [0.2, 0.25) is 0 Å². The Morgan fingerprint density at radius 1 is 1.40 bits per heavy atom. The van der Waals surface area contributed by atoms with Gasteiger partial charge in [0.25, 0.3) is 0 Å². The number of hydrogen-bond acceptors (Lipinski definition) is 4. The van der Waals surface area contributed by atoms with Crippen LogP contribution in [0.5, 0.6) is 0 Å². The highest BCUT2D eigenvalue weighted by atomic mass is 35.5. The molecule has 1 aromatic carbocycles. The standard InChI is InChI=1S/C10H10ClN3S/c1-6(12)9-13-14-10(15-9)7-3-2-4-8(11)5-7/h2-6H,12H2,1H3. The average molecular weight is 240 g/mol. The number of aromatic nitrogens is 2. The van der Waals surface area contributed by atoms with Gasteiger partial charge in [-0.3, -0.25) is 0 Å². The maximum atomic E-state index is 5.90. The van der Waals surface area contributed by atoms with Crippen molar-refractivity contribution in [1.82, 2.24) is 10.2 Å². The summed E-state index contributed by atoms with van der Waals surface area (Å²) >= 11 is 7.39. The van der Waals surface area contributed by atoms with Crippen LogP contribution in [-0.2, 0) is 0 Å². The summed E-state index contributed by atoms with van der Waals surface area (Å²) in [7, 11) is 0. The second-order valence-electron chi connectivity index (χ2n) is 3.24. The first kappa shape index (κ1) is 10.5. The maximum absolute atomic E-state index is 5.90. The van der Waals surface area contributed by atoms with E-state index in [1.807, 2.05) is 31.2 Å². The molecule has 2 N–H and O–H groups in total. The minimum absolute atomic E-state index is 0.0737. The molecule has 15 heavy (non-hydrogen) atoms. The van der Waals surface area contributed by atoms with Crippen molar-refractivity contribution in [2.24, 2.45) is 5.73 Å². The lowest BCUT2D eigenvalue weighted by atomic mass is 10.2. The van der Waals surface area contributed by atoms with Crippen molar-refractivity contribution in [2.75, 3.05) is 0 Å². The molecule has 0 spiro atoms. The third kappa shape index (κ3) is 2.34. The molecule has 5 heteroatoms. The topological polar surface area (TPSA) is 51.8 Å². The molecule has 2 aromatic rings. The van der Waals surface area contributed by atoms with Gasteiger partial charge in [-0.15, -0.1) is 10.2 Å². The molecule has 0 saturated carbocycles. The van der Waals surface area contributed by atoms with E-state index in [0.717, 1.165) is 15.6 Å². The summed E-state index contributed by atoms with van der Waals surface area (Å²) in [4.78, 5) is 0. The van der Waals surface area contributed by atoms with E-state index in [0.29, 0.717) is 5.02 Å². The van der Waals surface area contributed by atoms with Crippen LogP contribution in [0.15, 0.2) is 24.3 Å². The van der Waals surface area contributed by atoms with Crippen molar-refractivity contribution in [2.45, 2.75) is 13.0 Å². The molecule has 1 aromatic heterocycles. The van der Waals surface area contributed by atoms with Gasteiger partial charge >= 0.3 is 0 Å². The van der Waals surface area contributed by atoms with Gasteiger partial charge in [0.1, 0.15) is 10.0 Å². The van der Waals surface area contributed by atoms with Crippen LogP contribution in [0.25, 0.3) is 10.6 Å². The minimum atomic E-state index is -0.0737. The molecule has 0 aliphatic heterocycles. The fourth-order valence-electron chi connectivity index (χ4n) is 1.16. The summed E-state index contributed by atoms with van der Waals surface area (Å²) < 4.78 is 0. The highest BCUT2D eigenvalue weighted by Crippen LogP contribution is 2.27. The van der Waals surface area contributed by atoms with Gasteiger partial charge in [0, 0.05) is 10.6 Å². The van der Waals surface area contributed by atoms with E-state index in [1.54, 1.807) is 0 Å². The van der Waals surface area contributed by atoms with Crippen molar-refractivity contribution < 1.29 is 0 Å². The van der Waals surface area contributed by atoms with Gasteiger partial charge in [-0.2, -0.15) is 0 Å². The van der Waals surface area contributed by atoms with Crippen LogP contribution in [0.2, 0.25) is 5.02 Å². The van der Waals surface area contributed by atoms with Crippen LogP contribution in [0, 0.1) is 0 Å². The van der Waals surface area contributed by atoms with E-state index in [4.69, 9.17) is 17.3 Å². The molecular formula is C10H10ClN3S. The lowest BCUT2D eigenvalue weighted by molar-refractivity contribution is 0.786. The minimum Gasteiger partial charge on any atom is -0.322 e. The summed E-state index contributed by atoms with van der Waals surface area (Å²) in [5.74, 6) is 0.